The first-order valence-corrected chi connectivity index (χ1v) is 4.57. The molecule has 0 aliphatic carbocycles. The maximum Gasteiger partial charge on any atom is 0.133 e. The first-order chi connectivity index (χ1) is 6.83. The molecule has 1 aliphatic rings. The zero-order valence-corrected chi connectivity index (χ0v) is 7.85. The van der Waals surface area contributed by atoms with Crippen LogP contribution in [0.3, 0.4) is 0 Å². The average molecular weight is 188 g/mol. The largest absolute Gasteiger partial charge is 0.356 e. The summed E-state index contributed by atoms with van der Waals surface area (Å²) < 4.78 is 0. The summed E-state index contributed by atoms with van der Waals surface area (Å²) in [6.45, 7) is 2.68. The van der Waals surface area contributed by atoms with Crippen molar-refractivity contribution < 1.29 is 0 Å². The Morgan fingerprint density at radius 2 is 2.36 bits per heavy atom. The topological polar surface area (TPSA) is 55.0 Å². The van der Waals surface area contributed by atoms with Gasteiger partial charge in [0.15, 0.2) is 0 Å². The van der Waals surface area contributed by atoms with E-state index in [2.05, 4.69) is 20.8 Å². The van der Waals surface area contributed by atoms with Gasteiger partial charge in [-0.1, -0.05) is 5.92 Å². The molecule has 0 bridgehead atoms. The van der Waals surface area contributed by atoms with Crippen molar-refractivity contribution in [2.24, 2.45) is 11.7 Å². The third-order valence-corrected chi connectivity index (χ3v) is 2.42. The molecule has 1 saturated heterocycles. The number of hydrogen-bond acceptors (Lipinski definition) is 4. The molecule has 0 saturated carbocycles. The summed E-state index contributed by atoms with van der Waals surface area (Å²) in [7, 11) is 0. The van der Waals surface area contributed by atoms with E-state index in [1.807, 2.05) is 6.07 Å². The van der Waals surface area contributed by atoms with Gasteiger partial charge >= 0.3 is 0 Å². The van der Waals surface area contributed by atoms with E-state index >= 15 is 0 Å². The molecule has 1 aromatic heterocycles. The number of terminal acetylenes is 1. The Morgan fingerprint density at radius 1 is 1.57 bits per heavy atom. The van der Waals surface area contributed by atoms with Crippen LogP contribution in [0.15, 0.2) is 12.4 Å². The lowest BCUT2D eigenvalue weighted by atomic mass is 10.0. The van der Waals surface area contributed by atoms with E-state index in [0.29, 0.717) is 11.6 Å². The van der Waals surface area contributed by atoms with Gasteiger partial charge in [0.2, 0.25) is 0 Å². The number of anilines is 1. The first-order valence-electron chi connectivity index (χ1n) is 4.57. The lowest BCUT2D eigenvalue weighted by molar-refractivity contribution is 0.417. The summed E-state index contributed by atoms with van der Waals surface area (Å²) in [6, 6.07) is 1.83. The first kappa shape index (κ1) is 8.97. The molecule has 1 aromatic rings. The normalized spacial score (nSPS) is 16.1. The maximum atomic E-state index is 5.54. The standard InChI is InChI=1S/C10H12N4/c1-2-9-3-10(13-7-12-9)14-5-8(4-11)6-14/h1,3,7-8H,4-6,11H2. The van der Waals surface area contributed by atoms with Gasteiger partial charge in [-0.15, -0.1) is 6.42 Å². The van der Waals surface area contributed by atoms with Gasteiger partial charge in [-0.05, 0) is 6.54 Å². The molecule has 2 N–H and O–H groups in total. The fourth-order valence-electron chi connectivity index (χ4n) is 1.50. The third-order valence-electron chi connectivity index (χ3n) is 2.42. The van der Waals surface area contributed by atoms with Crippen LogP contribution in [0, 0.1) is 18.3 Å². The quantitative estimate of drug-likeness (QED) is 0.656. The Hall–Kier alpha value is -1.60. The molecule has 0 unspecified atom stereocenters. The van der Waals surface area contributed by atoms with Crippen molar-refractivity contribution in [1.29, 1.82) is 0 Å². The van der Waals surface area contributed by atoms with E-state index in [1.54, 1.807) is 0 Å². The lowest BCUT2D eigenvalue weighted by Crippen LogP contribution is -2.50. The number of nitrogens with zero attached hydrogens (tertiary/aromatic N) is 3. The molecule has 0 amide bonds. The van der Waals surface area contributed by atoms with Gasteiger partial charge in [0.05, 0.1) is 0 Å². The minimum Gasteiger partial charge on any atom is -0.356 e. The van der Waals surface area contributed by atoms with Gasteiger partial charge in [-0.3, -0.25) is 0 Å². The zero-order valence-electron chi connectivity index (χ0n) is 7.85. The zero-order chi connectivity index (χ0) is 9.97. The Bertz CT molecular complexity index is 363. The van der Waals surface area contributed by atoms with Crippen LogP contribution in [0.5, 0.6) is 0 Å². The van der Waals surface area contributed by atoms with Crippen LogP contribution < -0.4 is 10.6 Å². The van der Waals surface area contributed by atoms with Crippen molar-refractivity contribution in [2.45, 2.75) is 0 Å². The fraction of sp³-hybridized carbons (Fsp3) is 0.400. The second kappa shape index (κ2) is 3.64. The van der Waals surface area contributed by atoms with Gasteiger partial charge in [0.1, 0.15) is 17.8 Å². The van der Waals surface area contributed by atoms with Crippen molar-refractivity contribution >= 4 is 5.82 Å². The third kappa shape index (κ3) is 1.54. The molecule has 2 heterocycles. The van der Waals surface area contributed by atoms with Crippen molar-refractivity contribution in [2.75, 3.05) is 24.5 Å². The van der Waals surface area contributed by atoms with Crippen molar-refractivity contribution in [1.82, 2.24) is 9.97 Å². The maximum absolute atomic E-state index is 5.54. The van der Waals surface area contributed by atoms with Gasteiger partial charge in [0, 0.05) is 25.1 Å². The van der Waals surface area contributed by atoms with Crippen LogP contribution >= 0.6 is 0 Å². The van der Waals surface area contributed by atoms with E-state index in [4.69, 9.17) is 12.2 Å². The predicted octanol–water partition coefficient (Wildman–Crippen LogP) is -0.147. The van der Waals surface area contributed by atoms with E-state index < -0.39 is 0 Å². The van der Waals surface area contributed by atoms with Crippen LogP contribution in [-0.4, -0.2) is 29.6 Å². The summed E-state index contributed by atoms with van der Waals surface area (Å²) in [5, 5.41) is 0. The van der Waals surface area contributed by atoms with Crippen molar-refractivity contribution in [3.63, 3.8) is 0 Å². The summed E-state index contributed by atoms with van der Waals surface area (Å²) in [4.78, 5) is 10.2. The fourth-order valence-corrected chi connectivity index (χ4v) is 1.50. The van der Waals surface area contributed by atoms with Crippen molar-refractivity contribution in [3.05, 3.63) is 18.1 Å². The number of hydrogen-bond donors (Lipinski definition) is 1. The molecule has 0 radical (unpaired) electrons. The summed E-state index contributed by atoms with van der Waals surface area (Å²) >= 11 is 0. The summed E-state index contributed by atoms with van der Waals surface area (Å²) in [5.74, 6) is 3.99. The smallest absolute Gasteiger partial charge is 0.133 e. The Labute approximate surface area is 83.2 Å². The Morgan fingerprint density at radius 3 is 3.00 bits per heavy atom. The van der Waals surface area contributed by atoms with Crippen LogP contribution in [0.1, 0.15) is 5.69 Å². The molecule has 2 rings (SSSR count). The van der Waals surface area contributed by atoms with E-state index in [9.17, 15) is 0 Å². The lowest BCUT2D eigenvalue weighted by Gasteiger charge is -2.39. The van der Waals surface area contributed by atoms with Crippen LogP contribution in [0.25, 0.3) is 0 Å². The minimum atomic E-state index is 0.597. The van der Waals surface area contributed by atoms with Gasteiger partial charge in [-0.2, -0.15) is 0 Å². The molecule has 1 aliphatic heterocycles. The number of nitrogens with two attached hydrogens (primary N) is 1. The highest BCUT2D eigenvalue weighted by Gasteiger charge is 2.26. The molecule has 14 heavy (non-hydrogen) atoms. The van der Waals surface area contributed by atoms with E-state index in [-0.39, 0.29) is 0 Å². The molecule has 1 fully saturated rings. The Balaban J connectivity index is 2.08. The second-order valence-electron chi connectivity index (χ2n) is 3.41. The highest BCUT2D eigenvalue weighted by atomic mass is 15.2. The van der Waals surface area contributed by atoms with Crippen LogP contribution in [0.4, 0.5) is 5.82 Å². The van der Waals surface area contributed by atoms with E-state index in [0.717, 1.165) is 25.5 Å². The number of rotatable bonds is 2. The van der Waals surface area contributed by atoms with Gasteiger partial charge in [0.25, 0.3) is 0 Å². The SMILES string of the molecule is C#Cc1cc(N2CC(CN)C2)ncn1. The van der Waals surface area contributed by atoms with Gasteiger partial charge < -0.3 is 10.6 Å². The second-order valence-corrected chi connectivity index (χ2v) is 3.41. The molecular formula is C10H12N4. The molecule has 4 nitrogen and oxygen atoms in total. The Kier molecular flexibility index (Phi) is 2.33. The number of aromatic nitrogens is 2. The highest BCUT2D eigenvalue weighted by molar-refractivity contribution is 5.45. The molecule has 0 aromatic carbocycles. The molecule has 0 spiro atoms. The van der Waals surface area contributed by atoms with Crippen LogP contribution in [-0.2, 0) is 0 Å². The predicted molar refractivity (Wildman–Crippen MR) is 54.7 cm³/mol. The molecule has 0 atom stereocenters. The molecule has 72 valence electrons. The van der Waals surface area contributed by atoms with Crippen LogP contribution in [0.2, 0.25) is 0 Å². The highest BCUT2D eigenvalue weighted by Crippen LogP contribution is 2.21. The monoisotopic (exact) mass is 188 g/mol. The summed E-state index contributed by atoms with van der Waals surface area (Å²) in [6.07, 6.45) is 6.75. The summed E-state index contributed by atoms with van der Waals surface area (Å²) in [5.41, 5.74) is 6.17. The average Bonchev–Trinajstić information content (AvgIpc) is 2.17. The van der Waals surface area contributed by atoms with Gasteiger partial charge in [-0.25, -0.2) is 9.97 Å². The minimum absolute atomic E-state index is 0.597. The van der Waals surface area contributed by atoms with Crippen molar-refractivity contribution in [3.8, 4) is 12.3 Å². The molecular weight excluding hydrogens is 176 g/mol. The van der Waals surface area contributed by atoms with E-state index in [1.165, 1.54) is 6.33 Å². The molecule has 4 heteroatoms.